The zero-order chi connectivity index (χ0) is 32.2. The molecule has 12 heteroatoms. The highest BCUT2D eigenvalue weighted by Gasteiger charge is 2.21. The number of rotatable bonds is 10. The molecule has 2 aromatic heterocycles. The highest BCUT2D eigenvalue weighted by molar-refractivity contribution is 9.10. The van der Waals surface area contributed by atoms with E-state index in [1.165, 1.54) is 10.9 Å². The number of aromatic nitrogens is 2. The molecule has 46 heavy (non-hydrogen) atoms. The minimum atomic E-state index is -0.402. The Morgan fingerprint density at radius 1 is 1.02 bits per heavy atom. The Balaban J connectivity index is 1.38. The topological polar surface area (TPSA) is 117 Å². The van der Waals surface area contributed by atoms with Gasteiger partial charge in [0.2, 0.25) is 5.82 Å². The van der Waals surface area contributed by atoms with Crippen molar-refractivity contribution in [3.8, 4) is 28.8 Å². The number of carbonyl (C=O) groups excluding carboxylic acids is 1. The zero-order valence-corrected chi connectivity index (χ0v) is 27.0. The van der Waals surface area contributed by atoms with E-state index in [2.05, 4.69) is 26.3 Å². The number of benzene rings is 4. The van der Waals surface area contributed by atoms with Gasteiger partial charge in [-0.25, -0.2) is 4.98 Å². The van der Waals surface area contributed by atoms with Gasteiger partial charge in [0.15, 0.2) is 23.9 Å². The summed E-state index contributed by atoms with van der Waals surface area (Å²) in [6, 6.07) is 24.9. The molecule has 0 aliphatic carbocycles. The van der Waals surface area contributed by atoms with E-state index in [-0.39, 0.29) is 29.1 Å². The van der Waals surface area contributed by atoms with Gasteiger partial charge in [0.05, 0.1) is 36.2 Å². The second-order valence-electron chi connectivity index (χ2n) is 9.85. The number of hydrogen-bond acceptors (Lipinski definition) is 8. The van der Waals surface area contributed by atoms with Crippen molar-refractivity contribution < 1.29 is 23.4 Å². The van der Waals surface area contributed by atoms with Crippen LogP contribution < -0.4 is 25.1 Å². The van der Waals surface area contributed by atoms with E-state index in [0.29, 0.717) is 56.1 Å². The van der Waals surface area contributed by atoms with Crippen LogP contribution in [-0.4, -0.2) is 42.1 Å². The van der Waals surface area contributed by atoms with E-state index in [0.717, 1.165) is 5.39 Å². The van der Waals surface area contributed by atoms with Crippen molar-refractivity contribution in [1.82, 2.24) is 9.66 Å². The van der Waals surface area contributed by atoms with E-state index >= 15 is 0 Å². The lowest BCUT2D eigenvalue weighted by molar-refractivity contribution is -0.118. The summed E-state index contributed by atoms with van der Waals surface area (Å²) in [4.78, 5) is 31.0. The molecule has 4 aromatic carbocycles. The zero-order valence-electron chi connectivity index (χ0n) is 24.6. The maximum Gasteiger partial charge on any atom is 0.282 e. The summed E-state index contributed by atoms with van der Waals surface area (Å²) in [6.45, 7) is 1.80. The number of hydrogen-bond donors (Lipinski definition) is 1. The molecule has 2 heterocycles. The second kappa shape index (κ2) is 13.5. The van der Waals surface area contributed by atoms with E-state index in [1.54, 1.807) is 61.7 Å². The molecule has 0 aliphatic rings. The minimum absolute atomic E-state index is 0.161. The van der Waals surface area contributed by atoms with Gasteiger partial charge in [-0.15, -0.1) is 0 Å². The van der Waals surface area contributed by atoms with Gasteiger partial charge >= 0.3 is 0 Å². The Kier molecular flexibility index (Phi) is 9.04. The van der Waals surface area contributed by atoms with E-state index in [4.69, 9.17) is 35.2 Å². The predicted octanol–water partition coefficient (Wildman–Crippen LogP) is 7.53. The Labute approximate surface area is 276 Å². The van der Waals surface area contributed by atoms with Crippen LogP contribution in [0.3, 0.4) is 0 Å². The van der Waals surface area contributed by atoms with Crippen LogP contribution in [-0.2, 0) is 4.79 Å². The third-order valence-corrected chi connectivity index (χ3v) is 8.33. The number of nitrogens with zero attached hydrogens (tertiary/aromatic N) is 3. The smallest absolute Gasteiger partial charge is 0.282 e. The van der Waals surface area contributed by atoms with Crippen LogP contribution in [0.5, 0.6) is 17.2 Å². The fourth-order valence-electron chi connectivity index (χ4n) is 4.78. The van der Waals surface area contributed by atoms with Crippen LogP contribution in [0.25, 0.3) is 33.5 Å². The van der Waals surface area contributed by atoms with Crippen molar-refractivity contribution in [3.63, 3.8) is 0 Å². The SMILES string of the molecule is CCOc1cc(C=Nn2c(-c3cc4c(OC)cccc4o3)nc3ccccc3c2=O)c(Br)c(Cl)c1OCC(=O)Nc1ccccc1. The number of furan rings is 1. The molecule has 0 saturated heterocycles. The Morgan fingerprint density at radius 2 is 1.80 bits per heavy atom. The minimum Gasteiger partial charge on any atom is -0.496 e. The first-order chi connectivity index (χ1) is 22.4. The molecule has 0 saturated carbocycles. The molecule has 6 aromatic rings. The molecule has 1 N–H and O–H groups in total. The van der Waals surface area contributed by atoms with Crippen LogP contribution in [0, 0.1) is 0 Å². The number of methoxy groups -OCH3 is 1. The van der Waals surface area contributed by atoms with Gasteiger partial charge in [0, 0.05) is 15.7 Å². The first-order valence-electron chi connectivity index (χ1n) is 14.1. The Bertz CT molecular complexity index is 2160. The molecule has 0 radical (unpaired) electrons. The van der Waals surface area contributed by atoms with E-state index < -0.39 is 5.56 Å². The summed E-state index contributed by atoms with van der Waals surface area (Å²) < 4.78 is 24.8. The lowest BCUT2D eigenvalue weighted by Crippen LogP contribution is -2.20. The van der Waals surface area contributed by atoms with Crippen molar-refractivity contribution in [2.75, 3.05) is 25.6 Å². The summed E-state index contributed by atoms with van der Waals surface area (Å²) in [5, 5.41) is 8.57. The maximum atomic E-state index is 13.8. The molecule has 1 amide bonds. The fourth-order valence-corrected chi connectivity index (χ4v) is 5.44. The molecule has 0 atom stereocenters. The van der Waals surface area contributed by atoms with Crippen molar-refractivity contribution in [1.29, 1.82) is 0 Å². The van der Waals surface area contributed by atoms with Gasteiger partial charge in [-0.05, 0) is 71.4 Å². The number of carbonyl (C=O) groups is 1. The fraction of sp³-hybridized carbons (Fsp3) is 0.118. The number of anilines is 1. The summed E-state index contributed by atoms with van der Waals surface area (Å²) in [6.07, 6.45) is 1.45. The summed E-state index contributed by atoms with van der Waals surface area (Å²) in [5.74, 6) is 1.23. The molecular weight excluding hydrogens is 676 g/mol. The highest BCUT2D eigenvalue weighted by Crippen LogP contribution is 2.42. The van der Waals surface area contributed by atoms with Gasteiger partial charge in [-0.3, -0.25) is 9.59 Å². The monoisotopic (exact) mass is 700 g/mol. The Morgan fingerprint density at radius 3 is 2.59 bits per heavy atom. The average molecular weight is 702 g/mol. The largest absolute Gasteiger partial charge is 0.496 e. The van der Waals surface area contributed by atoms with Crippen molar-refractivity contribution in [3.05, 3.63) is 110 Å². The van der Waals surface area contributed by atoms with Crippen LogP contribution >= 0.6 is 27.5 Å². The predicted molar refractivity (Wildman–Crippen MR) is 182 cm³/mol. The number of para-hydroxylation sites is 2. The normalized spacial score (nSPS) is 11.3. The third kappa shape index (κ3) is 6.19. The summed E-state index contributed by atoms with van der Waals surface area (Å²) in [7, 11) is 1.57. The maximum absolute atomic E-state index is 13.8. The van der Waals surface area contributed by atoms with Crippen LogP contribution in [0.1, 0.15) is 12.5 Å². The molecule has 232 valence electrons. The van der Waals surface area contributed by atoms with Crippen LogP contribution in [0.15, 0.2) is 104 Å². The molecule has 0 fully saturated rings. The molecule has 10 nitrogen and oxygen atoms in total. The molecule has 0 spiro atoms. The van der Waals surface area contributed by atoms with Gasteiger partial charge in [-0.1, -0.05) is 48.0 Å². The number of fused-ring (bicyclic) bond motifs is 2. The third-order valence-electron chi connectivity index (χ3n) is 6.89. The van der Waals surface area contributed by atoms with Gasteiger partial charge in [0.1, 0.15) is 16.4 Å². The average Bonchev–Trinajstić information content (AvgIpc) is 3.51. The first kappa shape index (κ1) is 30.9. The summed E-state index contributed by atoms with van der Waals surface area (Å²) >= 11 is 10.2. The lowest BCUT2D eigenvalue weighted by Gasteiger charge is -2.16. The molecule has 0 unspecified atom stereocenters. The van der Waals surface area contributed by atoms with Gasteiger partial charge in [0.25, 0.3) is 11.5 Å². The molecule has 0 aliphatic heterocycles. The van der Waals surface area contributed by atoms with Crippen molar-refractivity contribution in [2.24, 2.45) is 5.10 Å². The second-order valence-corrected chi connectivity index (χ2v) is 11.0. The summed E-state index contributed by atoms with van der Waals surface area (Å²) in [5.41, 5.74) is 1.77. The molecular formula is C34H26BrClN4O6. The van der Waals surface area contributed by atoms with Crippen molar-refractivity contribution >= 4 is 67.2 Å². The van der Waals surface area contributed by atoms with Crippen LogP contribution in [0.4, 0.5) is 5.69 Å². The lowest BCUT2D eigenvalue weighted by atomic mass is 10.2. The van der Waals surface area contributed by atoms with E-state index in [9.17, 15) is 9.59 Å². The quantitative estimate of drug-likeness (QED) is 0.147. The number of ether oxygens (including phenoxy) is 3. The molecule has 0 bridgehead atoms. The number of halogens is 2. The highest BCUT2D eigenvalue weighted by atomic mass is 79.9. The number of amides is 1. The Hall–Kier alpha value is -5.13. The number of nitrogens with one attached hydrogen (secondary N) is 1. The molecule has 6 rings (SSSR count). The van der Waals surface area contributed by atoms with E-state index in [1.807, 2.05) is 37.3 Å². The standard InChI is InChI=1S/C34H26BrClN4O6/c1-3-44-27-16-20(30(35)31(36)32(27)45-19-29(41)38-21-10-5-4-6-11-21)18-37-40-33(39-24-13-8-7-12-22(24)34(40)42)28-17-23-25(43-2)14-9-15-26(23)46-28/h4-18H,3,19H2,1-2H3,(H,38,41). The van der Waals surface area contributed by atoms with Crippen molar-refractivity contribution in [2.45, 2.75) is 6.92 Å². The van der Waals surface area contributed by atoms with Crippen LogP contribution in [0.2, 0.25) is 5.02 Å². The van der Waals surface area contributed by atoms with Gasteiger partial charge in [-0.2, -0.15) is 9.78 Å². The van der Waals surface area contributed by atoms with Gasteiger partial charge < -0.3 is 23.9 Å². The first-order valence-corrected chi connectivity index (χ1v) is 15.3.